The molecule has 1 aliphatic carbocycles. The molecule has 1 saturated carbocycles. The third kappa shape index (κ3) is 2.75. The minimum Gasteiger partial charge on any atom is -0.473 e. The molecule has 5 heteroatoms. The second-order valence-electron chi connectivity index (χ2n) is 4.36. The topological polar surface area (TPSA) is 55.0 Å². The van der Waals surface area contributed by atoms with Gasteiger partial charge in [-0.2, -0.15) is 0 Å². The number of ether oxygens (including phenoxy) is 1. The normalized spacial score (nSPS) is 25.4. The van der Waals surface area contributed by atoms with Gasteiger partial charge in [-0.3, -0.25) is 4.79 Å². The largest absolute Gasteiger partial charge is 0.473 e. The molecule has 1 heterocycles. The maximum Gasteiger partial charge on any atom is 0.268 e. The summed E-state index contributed by atoms with van der Waals surface area (Å²) in [5, 5.41) is 0. The summed E-state index contributed by atoms with van der Waals surface area (Å²) >= 11 is 1.98. The third-order valence-electron chi connectivity index (χ3n) is 2.93. The predicted octanol–water partition coefficient (Wildman–Crippen LogP) is 2.33. The van der Waals surface area contributed by atoms with Crippen molar-refractivity contribution in [3.63, 3.8) is 0 Å². The second-order valence-corrected chi connectivity index (χ2v) is 5.44. The van der Waals surface area contributed by atoms with E-state index in [0.717, 1.165) is 12.8 Å². The summed E-state index contributed by atoms with van der Waals surface area (Å²) in [7, 11) is 0. The SMILES string of the molecule is CC1CCCC(Oc2nc[nH]c(=O)c2I)C1. The van der Waals surface area contributed by atoms with Gasteiger partial charge in [-0.05, 0) is 47.8 Å². The van der Waals surface area contributed by atoms with Gasteiger partial charge >= 0.3 is 0 Å². The number of halogens is 1. The molecule has 0 amide bonds. The van der Waals surface area contributed by atoms with Crippen LogP contribution >= 0.6 is 22.6 Å². The van der Waals surface area contributed by atoms with E-state index < -0.39 is 0 Å². The van der Waals surface area contributed by atoms with E-state index in [4.69, 9.17) is 4.74 Å². The molecule has 0 aliphatic heterocycles. The van der Waals surface area contributed by atoms with Gasteiger partial charge < -0.3 is 9.72 Å². The fourth-order valence-electron chi connectivity index (χ4n) is 2.09. The van der Waals surface area contributed by atoms with Crippen LogP contribution in [-0.2, 0) is 0 Å². The molecule has 1 aromatic rings. The van der Waals surface area contributed by atoms with Gasteiger partial charge in [-0.1, -0.05) is 13.3 Å². The first-order valence-electron chi connectivity index (χ1n) is 5.56. The monoisotopic (exact) mass is 334 g/mol. The first-order chi connectivity index (χ1) is 7.66. The summed E-state index contributed by atoms with van der Waals surface area (Å²) in [6.45, 7) is 2.24. The minimum absolute atomic E-state index is 0.130. The van der Waals surface area contributed by atoms with E-state index in [2.05, 4.69) is 16.9 Å². The van der Waals surface area contributed by atoms with Gasteiger partial charge in [0, 0.05) is 0 Å². The number of hydrogen-bond donors (Lipinski definition) is 1. The molecular weight excluding hydrogens is 319 g/mol. The van der Waals surface area contributed by atoms with Crippen molar-refractivity contribution in [2.75, 3.05) is 0 Å². The van der Waals surface area contributed by atoms with Crippen LogP contribution in [0.15, 0.2) is 11.1 Å². The van der Waals surface area contributed by atoms with Gasteiger partial charge in [0.05, 0.1) is 6.33 Å². The zero-order valence-corrected chi connectivity index (χ0v) is 11.4. The Kier molecular flexibility index (Phi) is 3.83. The first kappa shape index (κ1) is 11.9. The van der Waals surface area contributed by atoms with E-state index in [9.17, 15) is 4.79 Å². The zero-order valence-electron chi connectivity index (χ0n) is 9.20. The van der Waals surface area contributed by atoms with Gasteiger partial charge in [0.15, 0.2) is 0 Å². The summed E-state index contributed by atoms with van der Waals surface area (Å²) in [4.78, 5) is 18.0. The molecule has 0 radical (unpaired) electrons. The average Bonchev–Trinajstić information content (AvgIpc) is 2.25. The van der Waals surface area contributed by atoms with Gasteiger partial charge in [-0.15, -0.1) is 0 Å². The average molecular weight is 334 g/mol. The Morgan fingerprint density at radius 3 is 3.12 bits per heavy atom. The molecule has 1 fully saturated rings. The predicted molar refractivity (Wildman–Crippen MR) is 69.6 cm³/mol. The number of H-pyrrole nitrogens is 1. The number of aromatic amines is 1. The standard InChI is InChI=1S/C11H15IN2O2/c1-7-3-2-4-8(5-7)16-11-9(12)10(15)13-6-14-11/h6-8H,2-5H2,1H3,(H,13,14,15). The number of rotatable bonds is 2. The van der Waals surface area contributed by atoms with Crippen LogP contribution in [0.25, 0.3) is 0 Å². The lowest BCUT2D eigenvalue weighted by Crippen LogP contribution is -2.26. The van der Waals surface area contributed by atoms with E-state index in [1.54, 1.807) is 0 Å². The van der Waals surface area contributed by atoms with Crippen LogP contribution in [-0.4, -0.2) is 16.1 Å². The lowest BCUT2D eigenvalue weighted by molar-refractivity contribution is 0.122. The van der Waals surface area contributed by atoms with Crippen molar-refractivity contribution in [3.05, 3.63) is 20.3 Å². The molecule has 1 aliphatic rings. The summed E-state index contributed by atoms with van der Waals surface area (Å²) in [5.74, 6) is 1.18. The Hall–Kier alpha value is -0.590. The minimum atomic E-state index is -0.130. The van der Waals surface area contributed by atoms with Crippen molar-refractivity contribution < 1.29 is 4.74 Å². The second kappa shape index (κ2) is 5.16. The molecule has 1 N–H and O–H groups in total. The highest BCUT2D eigenvalue weighted by Gasteiger charge is 2.21. The highest BCUT2D eigenvalue weighted by molar-refractivity contribution is 14.1. The molecule has 0 saturated heterocycles. The summed E-state index contributed by atoms with van der Waals surface area (Å²) in [5.41, 5.74) is -0.130. The maximum atomic E-state index is 11.4. The van der Waals surface area contributed by atoms with Crippen molar-refractivity contribution in [1.82, 2.24) is 9.97 Å². The summed E-state index contributed by atoms with van der Waals surface area (Å²) in [6, 6.07) is 0. The van der Waals surface area contributed by atoms with Gasteiger partial charge in [-0.25, -0.2) is 4.98 Å². The van der Waals surface area contributed by atoms with Gasteiger partial charge in [0.25, 0.3) is 5.56 Å². The quantitative estimate of drug-likeness (QED) is 0.845. The van der Waals surface area contributed by atoms with Crippen LogP contribution in [0.5, 0.6) is 5.88 Å². The lowest BCUT2D eigenvalue weighted by Gasteiger charge is -2.26. The Morgan fingerprint density at radius 1 is 1.56 bits per heavy atom. The van der Waals surface area contributed by atoms with Crippen molar-refractivity contribution in [2.45, 2.75) is 38.7 Å². The molecule has 88 valence electrons. The molecule has 16 heavy (non-hydrogen) atoms. The lowest BCUT2D eigenvalue weighted by atomic mass is 9.89. The molecule has 4 nitrogen and oxygen atoms in total. The molecule has 0 aromatic carbocycles. The van der Waals surface area contributed by atoms with E-state index in [-0.39, 0.29) is 11.7 Å². The third-order valence-corrected chi connectivity index (χ3v) is 3.88. The Bertz CT molecular complexity index is 419. The van der Waals surface area contributed by atoms with Crippen LogP contribution in [0.1, 0.15) is 32.6 Å². The van der Waals surface area contributed by atoms with Crippen molar-refractivity contribution in [3.8, 4) is 5.88 Å². The number of hydrogen-bond acceptors (Lipinski definition) is 3. The van der Waals surface area contributed by atoms with E-state index in [1.165, 1.54) is 19.2 Å². The van der Waals surface area contributed by atoms with Crippen molar-refractivity contribution in [2.24, 2.45) is 5.92 Å². The van der Waals surface area contributed by atoms with Gasteiger partial charge in [0.2, 0.25) is 5.88 Å². The molecular formula is C11H15IN2O2. The van der Waals surface area contributed by atoms with Crippen LogP contribution in [0, 0.1) is 9.49 Å². The Morgan fingerprint density at radius 2 is 2.38 bits per heavy atom. The fraction of sp³-hybridized carbons (Fsp3) is 0.636. The fourth-order valence-corrected chi connectivity index (χ4v) is 2.51. The molecule has 1 aromatic heterocycles. The van der Waals surface area contributed by atoms with E-state index >= 15 is 0 Å². The highest BCUT2D eigenvalue weighted by Crippen LogP contribution is 2.27. The smallest absolute Gasteiger partial charge is 0.268 e. The van der Waals surface area contributed by atoms with Crippen LogP contribution in [0.3, 0.4) is 0 Å². The highest BCUT2D eigenvalue weighted by atomic mass is 127. The number of nitrogens with zero attached hydrogens (tertiary/aromatic N) is 1. The molecule has 2 unspecified atom stereocenters. The number of aromatic nitrogens is 2. The number of nitrogens with one attached hydrogen (secondary N) is 1. The van der Waals surface area contributed by atoms with Crippen LogP contribution < -0.4 is 10.3 Å². The zero-order chi connectivity index (χ0) is 11.5. The van der Waals surface area contributed by atoms with Crippen LogP contribution in [0.4, 0.5) is 0 Å². The maximum absolute atomic E-state index is 11.4. The Balaban J connectivity index is 2.08. The van der Waals surface area contributed by atoms with Crippen molar-refractivity contribution in [1.29, 1.82) is 0 Å². The first-order valence-corrected chi connectivity index (χ1v) is 6.64. The summed E-state index contributed by atoms with van der Waals surface area (Å²) < 4.78 is 6.34. The van der Waals surface area contributed by atoms with Crippen molar-refractivity contribution >= 4 is 22.6 Å². The Labute approximate surface area is 108 Å². The van der Waals surface area contributed by atoms with Crippen LogP contribution in [0.2, 0.25) is 0 Å². The molecule has 2 rings (SSSR count). The van der Waals surface area contributed by atoms with E-state index in [1.807, 2.05) is 22.6 Å². The molecule has 2 atom stereocenters. The molecule has 0 spiro atoms. The van der Waals surface area contributed by atoms with Gasteiger partial charge in [0.1, 0.15) is 9.67 Å². The summed E-state index contributed by atoms with van der Waals surface area (Å²) in [6.07, 6.45) is 6.21. The molecule has 0 bridgehead atoms. The van der Waals surface area contributed by atoms with E-state index in [0.29, 0.717) is 15.4 Å².